The van der Waals surface area contributed by atoms with E-state index >= 15 is 0 Å². The van der Waals surface area contributed by atoms with Gasteiger partial charge in [0.25, 0.3) is 0 Å². The highest BCUT2D eigenvalue weighted by Gasteiger charge is 2.62. The van der Waals surface area contributed by atoms with Gasteiger partial charge in [-0.05, 0) is 85.4 Å². The summed E-state index contributed by atoms with van der Waals surface area (Å²) in [7, 11) is 0. The van der Waals surface area contributed by atoms with E-state index in [-0.39, 0.29) is 23.5 Å². The minimum absolute atomic E-state index is 0.105. The molecule has 1 N–H and O–H groups in total. The Morgan fingerprint density at radius 1 is 1.12 bits per heavy atom. The first-order valence-corrected chi connectivity index (χ1v) is 10.4. The van der Waals surface area contributed by atoms with Crippen molar-refractivity contribution >= 4 is 5.78 Å². The van der Waals surface area contributed by atoms with Crippen LogP contribution in [0.4, 0.5) is 0 Å². The second-order valence-corrected chi connectivity index (χ2v) is 9.98. The molecule has 4 aliphatic rings. The highest BCUT2D eigenvalue weighted by atomic mass is 16.3. The maximum atomic E-state index is 12.0. The molecule has 0 amide bonds. The fraction of sp³-hybridized carbons (Fsp3) is 0.952. The monoisotopic (exact) mass is 347 g/mol. The van der Waals surface area contributed by atoms with Crippen LogP contribution in [0.2, 0.25) is 0 Å². The maximum Gasteiger partial charge on any atom is 0.133 e. The molecule has 0 aromatic carbocycles. The lowest BCUT2D eigenvalue weighted by Crippen LogP contribution is -2.57. The number of carbonyl (C=O) groups is 1. The van der Waals surface area contributed by atoms with E-state index in [1.54, 1.807) is 0 Å². The van der Waals surface area contributed by atoms with E-state index in [0.29, 0.717) is 41.8 Å². The van der Waals surface area contributed by atoms with Gasteiger partial charge in [-0.15, -0.1) is 0 Å². The number of nitroso groups, excluding NO2 is 1. The highest BCUT2D eigenvalue weighted by molar-refractivity contribution is 5.79. The number of nitrogens with zero attached hydrogens (tertiary/aromatic N) is 1. The van der Waals surface area contributed by atoms with E-state index < -0.39 is 0 Å². The topological polar surface area (TPSA) is 66.7 Å². The number of hydrogen-bond donors (Lipinski definition) is 1. The van der Waals surface area contributed by atoms with Gasteiger partial charge >= 0.3 is 0 Å². The van der Waals surface area contributed by atoms with Crippen molar-refractivity contribution in [3.8, 4) is 0 Å². The predicted octanol–water partition coefficient (Wildman–Crippen LogP) is 4.34. The molecule has 140 valence electrons. The minimum atomic E-state index is -0.105. The smallest absolute Gasteiger partial charge is 0.133 e. The van der Waals surface area contributed by atoms with Crippen LogP contribution in [0, 0.1) is 45.3 Å². The van der Waals surface area contributed by atoms with Crippen molar-refractivity contribution in [1.82, 2.24) is 0 Å². The van der Waals surface area contributed by atoms with Crippen LogP contribution in [0.1, 0.15) is 71.6 Å². The second kappa shape index (κ2) is 6.14. The molecule has 25 heavy (non-hydrogen) atoms. The third-order valence-corrected chi connectivity index (χ3v) is 9.31. The quantitative estimate of drug-likeness (QED) is 0.772. The van der Waals surface area contributed by atoms with Crippen LogP contribution in [0.15, 0.2) is 5.18 Å². The number of rotatable bonds is 3. The molecule has 0 aromatic rings. The molecule has 0 aromatic heterocycles. The van der Waals surface area contributed by atoms with Crippen molar-refractivity contribution in [3.05, 3.63) is 4.91 Å². The molecule has 0 radical (unpaired) electrons. The first-order chi connectivity index (χ1) is 11.9. The van der Waals surface area contributed by atoms with Gasteiger partial charge in [0.15, 0.2) is 0 Å². The molecule has 4 aliphatic carbocycles. The van der Waals surface area contributed by atoms with Crippen molar-refractivity contribution < 1.29 is 9.90 Å². The zero-order valence-electron chi connectivity index (χ0n) is 15.7. The summed E-state index contributed by atoms with van der Waals surface area (Å²) in [5, 5.41) is 13.1. The van der Waals surface area contributed by atoms with Crippen LogP contribution in [0.5, 0.6) is 0 Å². The van der Waals surface area contributed by atoms with Gasteiger partial charge in [-0.25, -0.2) is 0 Å². The Kier molecular flexibility index (Phi) is 4.33. The summed E-state index contributed by atoms with van der Waals surface area (Å²) in [6, 6.07) is -0.105. The van der Waals surface area contributed by atoms with Crippen LogP contribution >= 0.6 is 0 Å². The largest absolute Gasteiger partial charge is 0.396 e. The minimum Gasteiger partial charge on any atom is -0.396 e. The number of hydrogen-bond acceptors (Lipinski definition) is 4. The molecular weight excluding hydrogens is 314 g/mol. The zero-order chi connectivity index (χ0) is 17.8. The Balaban J connectivity index is 1.67. The fourth-order valence-corrected chi connectivity index (χ4v) is 7.87. The van der Waals surface area contributed by atoms with Gasteiger partial charge in [0.1, 0.15) is 5.78 Å². The van der Waals surface area contributed by atoms with Crippen LogP contribution in [-0.2, 0) is 4.79 Å². The molecule has 0 saturated heterocycles. The molecule has 8 unspecified atom stereocenters. The van der Waals surface area contributed by atoms with Crippen LogP contribution in [0.3, 0.4) is 0 Å². The molecule has 0 spiro atoms. The van der Waals surface area contributed by atoms with Gasteiger partial charge < -0.3 is 5.11 Å². The van der Waals surface area contributed by atoms with E-state index in [0.717, 1.165) is 25.7 Å². The van der Waals surface area contributed by atoms with Crippen molar-refractivity contribution in [2.75, 3.05) is 6.61 Å². The van der Waals surface area contributed by atoms with Gasteiger partial charge in [-0.3, -0.25) is 4.79 Å². The Labute approximate surface area is 151 Å². The molecule has 4 fully saturated rings. The Morgan fingerprint density at radius 3 is 2.60 bits per heavy atom. The number of ketones is 1. The van der Waals surface area contributed by atoms with Crippen molar-refractivity contribution in [1.29, 1.82) is 0 Å². The maximum absolute atomic E-state index is 12.0. The van der Waals surface area contributed by atoms with E-state index in [1.807, 2.05) is 0 Å². The summed E-state index contributed by atoms with van der Waals surface area (Å²) >= 11 is 0. The third kappa shape index (κ3) is 2.46. The van der Waals surface area contributed by atoms with Gasteiger partial charge in [-0.1, -0.05) is 19.0 Å². The molecule has 0 bridgehead atoms. The summed E-state index contributed by atoms with van der Waals surface area (Å²) in [6.07, 6.45) is 8.89. The van der Waals surface area contributed by atoms with Crippen LogP contribution in [-0.4, -0.2) is 23.5 Å². The van der Waals surface area contributed by atoms with Gasteiger partial charge in [0, 0.05) is 19.4 Å². The van der Waals surface area contributed by atoms with Crippen molar-refractivity contribution in [3.63, 3.8) is 0 Å². The first-order valence-electron chi connectivity index (χ1n) is 10.4. The SMILES string of the molecule is CC12CCC3C(C(N=O)CC4CC(=O)CCC43C)C1CCC2CCO. The van der Waals surface area contributed by atoms with Gasteiger partial charge in [0.2, 0.25) is 0 Å². The average Bonchev–Trinajstić information content (AvgIpc) is 2.92. The lowest BCUT2D eigenvalue weighted by molar-refractivity contribution is -0.142. The number of carbonyl (C=O) groups excluding carboxylic acids is 1. The molecule has 4 heteroatoms. The standard InChI is InChI=1S/C21H33NO3/c1-20-9-6-17-19(16(20)4-3-13(20)7-10-23)18(22-25)12-14-11-15(24)5-8-21(14,17)2/h13-14,16-19,23H,3-12H2,1-2H3. The Hall–Kier alpha value is -0.770. The predicted molar refractivity (Wildman–Crippen MR) is 96.9 cm³/mol. The highest BCUT2D eigenvalue weighted by Crippen LogP contribution is 2.67. The van der Waals surface area contributed by atoms with Crippen molar-refractivity contribution in [2.24, 2.45) is 45.6 Å². The molecule has 4 saturated carbocycles. The zero-order valence-corrected chi connectivity index (χ0v) is 15.7. The summed E-state index contributed by atoms with van der Waals surface area (Å²) in [5.74, 6) is 2.85. The number of aliphatic hydroxyl groups is 1. The normalized spacial score (nSPS) is 52.2. The molecule has 0 aliphatic heterocycles. The summed E-state index contributed by atoms with van der Waals surface area (Å²) < 4.78 is 0. The Bertz CT molecular complexity index is 563. The summed E-state index contributed by atoms with van der Waals surface area (Å²) in [6.45, 7) is 5.10. The van der Waals surface area contributed by atoms with E-state index in [9.17, 15) is 14.8 Å². The Morgan fingerprint density at radius 2 is 1.88 bits per heavy atom. The van der Waals surface area contributed by atoms with Gasteiger partial charge in [-0.2, -0.15) is 4.91 Å². The number of aliphatic hydroxyl groups excluding tert-OH is 1. The van der Waals surface area contributed by atoms with E-state index in [4.69, 9.17) is 0 Å². The molecule has 0 heterocycles. The van der Waals surface area contributed by atoms with E-state index in [1.165, 1.54) is 25.7 Å². The lowest BCUT2D eigenvalue weighted by Gasteiger charge is -2.61. The van der Waals surface area contributed by atoms with Crippen LogP contribution < -0.4 is 0 Å². The molecule has 4 rings (SSSR count). The molecule has 4 nitrogen and oxygen atoms in total. The number of fused-ring (bicyclic) bond motifs is 5. The fourth-order valence-electron chi connectivity index (χ4n) is 7.87. The number of Topliss-reactive ketones (excluding diaryl/α,β-unsaturated/α-hetero) is 1. The third-order valence-electron chi connectivity index (χ3n) is 9.31. The second-order valence-electron chi connectivity index (χ2n) is 9.98. The summed E-state index contributed by atoms with van der Waals surface area (Å²) in [5.41, 5.74) is 0.483. The average molecular weight is 347 g/mol. The molecule has 8 atom stereocenters. The van der Waals surface area contributed by atoms with Crippen LogP contribution in [0.25, 0.3) is 0 Å². The first kappa shape index (κ1) is 17.6. The summed E-state index contributed by atoms with van der Waals surface area (Å²) in [4.78, 5) is 23.8. The lowest BCUT2D eigenvalue weighted by atomic mass is 9.43. The molecular formula is C21H33NO3. The van der Waals surface area contributed by atoms with Crippen molar-refractivity contribution in [2.45, 2.75) is 77.7 Å². The van der Waals surface area contributed by atoms with E-state index in [2.05, 4.69) is 19.0 Å². The van der Waals surface area contributed by atoms with Gasteiger partial charge in [0.05, 0.1) is 6.04 Å².